The van der Waals surface area contributed by atoms with Gasteiger partial charge in [-0.15, -0.1) is 0 Å². The van der Waals surface area contributed by atoms with Gasteiger partial charge in [0.05, 0.1) is 7.11 Å². The molecule has 0 aliphatic carbocycles. The highest BCUT2D eigenvalue weighted by atomic mass is 16.5. The molecular formula is C16H30O. The van der Waals surface area contributed by atoms with Crippen LogP contribution in [0.2, 0.25) is 0 Å². The molecule has 0 spiro atoms. The van der Waals surface area contributed by atoms with Gasteiger partial charge in [0.15, 0.2) is 0 Å². The van der Waals surface area contributed by atoms with Crippen molar-refractivity contribution in [2.45, 2.75) is 60.8 Å². The molecule has 17 heavy (non-hydrogen) atoms. The molecule has 1 aromatic carbocycles. The van der Waals surface area contributed by atoms with Gasteiger partial charge in [-0.05, 0) is 35.6 Å². The predicted octanol–water partition coefficient (Wildman–Crippen LogP) is 5.43. The van der Waals surface area contributed by atoms with Gasteiger partial charge in [-0.1, -0.05) is 54.5 Å². The Morgan fingerprint density at radius 3 is 1.94 bits per heavy atom. The van der Waals surface area contributed by atoms with Crippen LogP contribution in [0.5, 0.6) is 5.75 Å². The van der Waals surface area contributed by atoms with E-state index in [0.29, 0.717) is 5.92 Å². The van der Waals surface area contributed by atoms with E-state index in [9.17, 15) is 0 Å². The Bertz CT molecular complexity index is 277. The Morgan fingerprint density at radius 2 is 1.59 bits per heavy atom. The van der Waals surface area contributed by atoms with Crippen LogP contribution in [0.15, 0.2) is 18.2 Å². The zero-order valence-corrected chi connectivity index (χ0v) is 12.9. The number of methoxy groups -OCH3 is 1. The highest BCUT2D eigenvalue weighted by molar-refractivity contribution is 5.37. The molecule has 0 amide bonds. The van der Waals surface area contributed by atoms with Gasteiger partial charge < -0.3 is 4.74 Å². The van der Waals surface area contributed by atoms with Crippen molar-refractivity contribution in [3.8, 4) is 5.75 Å². The summed E-state index contributed by atoms with van der Waals surface area (Å²) < 4.78 is 5.19. The molecule has 0 aliphatic rings. The van der Waals surface area contributed by atoms with Crippen molar-refractivity contribution in [1.29, 1.82) is 0 Å². The number of aryl methyl sites for hydroxylation is 1. The molecule has 0 aliphatic heterocycles. The maximum atomic E-state index is 5.19. The third-order valence-electron chi connectivity index (χ3n) is 2.35. The zero-order valence-electron chi connectivity index (χ0n) is 12.9. The summed E-state index contributed by atoms with van der Waals surface area (Å²) in [6.45, 7) is 14.6. The van der Waals surface area contributed by atoms with Gasteiger partial charge in [-0.3, -0.25) is 0 Å². The standard InChI is InChI=1S/C12H18O.2C2H6/c1-5-10-8-11(13-4)6-7-12(10)9(2)3;2*1-2/h6-9H,5H2,1-4H3;2*1-2H3. The van der Waals surface area contributed by atoms with Crippen molar-refractivity contribution in [2.75, 3.05) is 7.11 Å². The fourth-order valence-corrected chi connectivity index (χ4v) is 1.58. The summed E-state index contributed by atoms with van der Waals surface area (Å²) >= 11 is 0. The van der Waals surface area contributed by atoms with Crippen molar-refractivity contribution in [3.63, 3.8) is 0 Å². The zero-order chi connectivity index (χ0) is 13.8. The minimum Gasteiger partial charge on any atom is -0.497 e. The molecule has 0 atom stereocenters. The second kappa shape index (κ2) is 11.5. The Morgan fingerprint density at radius 1 is 1.06 bits per heavy atom. The topological polar surface area (TPSA) is 9.23 Å². The van der Waals surface area contributed by atoms with E-state index in [1.807, 2.05) is 33.8 Å². The van der Waals surface area contributed by atoms with Gasteiger partial charge in [-0.25, -0.2) is 0 Å². The molecule has 0 heterocycles. The van der Waals surface area contributed by atoms with E-state index >= 15 is 0 Å². The molecule has 0 saturated carbocycles. The lowest BCUT2D eigenvalue weighted by Gasteiger charge is -2.12. The van der Waals surface area contributed by atoms with E-state index in [-0.39, 0.29) is 0 Å². The molecule has 0 saturated heterocycles. The fourth-order valence-electron chi connectivity index (χ4n) is 1.58. The van der Waals surface area contributed by atoms with Crippen molar-refractivity contribution >= 4 is 0 Å². The Kier molecular flexibility index (Phi) is 12.4. The Balaban J connectivity index is 0. The summed E-state index contributed by atoms with van der Waals surface area (Å²) in [5, 5.41) is 0. The van der Waals surface area contributed by atoms with Crippen LogP contribution in [0.1, 0.15) is 65.5 Å². The van der Waals surface area contributed by atoms with Crippen molar-refractivity contribution in [3.05, 3.63) is 29.3 Å². The minimum atomic E-state index is 0.598. The number of rotatable bonds is 3. The summed E-state index contributed by atoms with van der Waals surface area (Å²) in [5.74, 6) is 1.56. The highest BCUT2D eigenvalue weighted by Crippen LogP contribution is 2.24. The molecule has 1 aromatic rings. The summed E-state index contributed by atoms with van der Waals surface area (Å²) in [6.07, 6.45) is 1.07. The lowest BCUT2D eigenvalue weighted by Crippen LogP contribution is -1.95. The minimum absolute atomic E-state index is 0.598. The summed E-state index contributed by atoms with van der Waals surface area (Å²) in [4.78, 5) is 0. The van der Waals surface area contributed by atoms with E-state index in [4.69, 9.17) is 4.74 Å². The normalized spacial score (nSPS) is 8.76. The number of hydrogen-bond donors (Lipinski definition) is 0. The first-order valence-electron chi connectivity index (χ1n) is 6.85. The first kappa shape index (κ1) is 18.4. The van der Waals surface area contributed by atoms with Gasteiger partial charge in [-0.2, -0.15) is 0 Å². The number of ether oxygens (including phenoxy) is 1. The SMILES string of the molecule is CC.CC.CCc1cc(OC)ccc1C(C)C. The second-order valence-electron chi connectivity index (χ2n) is 3.57. The van der Waals surface area contributed by atoms with E-state index in [0.717, 1.165) is 12.2 Å². The molecule has 1 rings (SSSR count). The molecule has 1 nitrogen and oxygen atoms in total. The highest BCUT2D eigenvalue weighted by Gasteiger charge is 2.05. The van der Waals surface area contributed by atoms with Crippen LogP contribution in [0.3, 0.4) is 0 Å². The molecular weight excluding hydrogens is 208 g/mol. The Labute approximate surface area is 108 Å². The van der Waals surface area contributed by atoms with E-state index in [1.54, 1.807) is 7.11 Å². The van der Waals surface area contributed by atoms with Crippen molar-refractivity contribution in [1.82, 2.24) is 0 Å². The Hall–Kier alpha value is -0.980. The van der Waals surface area contributed by atoms with Gasteiger partial charge >= 0.3 is 0 Å². The largest absolute Gasteiger partial charge is 0.497 e. The van der Waals surface area contributed by atoms with Crippen molar-refractivity contribution in [2.24, 2.45) is 0 Å². The van der Waals surface area contributed by atoms with Crippen LogP contribution in [0.4, 0.5) is 0 Å². The fraction of sp³-hybridized carbons (Fsp3) is 0.625. The van der Waals surface area contributed by atoms with Crippen molar-refractivity contribution < 1.29 is 4.74 Å². The molecule has 0 unspecified atom stereocenters. The van der Waals surface area contributed by atoms with Crippen LogP contribution in [-0.2, 0) is 6.42 Å². The summed E-state index contributed by atoms with van der Waals surface area (Å²) in [7, 11) is 1.71. The van der Waals surface area contributed by atoms with Gasteiger partial charge in [0.25, 0.3) is 0 Å². The van der Waals surface area contributed by atoms with E-state index in [1.165, 1.54) is 11.1 Å². The molecule has 0 bridgehead atoms. The smallest absolute Gasteiger partial charge is 0.119 e. The maximum absolute atomic E-state index is 5.19. The molecule has 0 N–H and O–H groups in total. The second-order valence-corrected chi connectivity index (χ2v) is 3.57. The quantitative estimate of drug-likeness (QED) is 0.682. The predicted molar refractivity (Wildman–Crippen MR) is 79.2 cm³/mol. The lowest BCUT2D eigenvalue weighted by molar-refractivity contribution is 0.414. The lowest BCUT2D eigenvalue weighted by atomic mass is 9.95. The average Bonchev–Trinajstić information content (AvgIpc) is 2.42. The van der Waals surface area contributed by atoms with Crippen LogP contribution in [0, 0.1) is 0 Å². The number of benzene rings is 1. The molecule has 0 radical (unpaired) electrons. The molecule has 0 fully saturated rings. The average molecular weight is 238 g/mol. The third kappa shape index (κ3) is 6.35. The monoisotopic (exact) mass is 238 g/mol. The van der Waals surface area contributed by atoms with E-state index < -0.39 is 0 Å². The first-order chi connectivity index (χ1) is 8.19. The third-order valence-corrected chi connectivity index (χ3v) is 2.35. The molecule has 100 valence electrons. The van der Waals surface area contributed by atoms with Crippen LogP contribution in [0.25, 0.3) is 0 Å². The molecule has 1 heteroatoms. The van der Waals surface area contributed by atoms with Crippen LogP contribution < -0.4 is 4.74 Å². The van der Waals surface area contributed by atoms with Gasteiger partial charge in [0.1, 0.15) is 5.75 Å². The van der Waals surface area contributed by atoms with Crippen LogP contribution >= 0.6 is 0 Å². The van der Waals surface area contributed by atoms with E-state index in [2.05, 4.69) is 32.9 Å². The maximum Gasteiger partial charge on any atom is 0.119 e. The summed E-state index contributed by atoms with van der Waals surface area (Å²) in [6, 6.07) is 6.34. The van der Waals surface area contributed by atoms with Gasteiger partial charge in [0.2, 0.25) is 0 Å². The summed E-state index contributed by atoms with van der Waals surface area (Å²) in [5.41, 5.74) is 2.83. The number of hydrogen-bond acceptors (Lipinski definition) is 1. The van der Waals surface area contributed by atoms with Crippen LogP contribution in [-0.4, -0.2) is 7.11 Å². The first-order valence-corrected chi connectivity index (χ1v) is 6.85. The molecule has 0 aromatic heterocycles. The van der Waals surface area contributed by atoms with Gasteiger partial charge in [0, 0.05) is 0 Å².